The summed E-state index contributed by atoms with van der Waals surface area (Å²) in [5, 5.41) is 1.06. The third-order valence-electron chi connectivity index (χ3n) is 1.16. The third kappa shape index (κ3) is 1.55. The van der Waals surface area contributed by atoms with Crippen molar-refractivity contribution in [1.82, 2.24) is 9.55 Å². The number of rotatable bonds is 2. The molecule has 0 aromatic carbocycles. The van der Waals surface area contributed by atoms with Gasteiger partial charge in [0.2, 0.25) is 0 Å². The molecule has 0 amide bonds. The molecule has 1 aromatic rings. The fraction of sp³-hybridized carbons (Fsp3) is 0.500. The molecule has 0 aliphatic carbocycles. The highest BCUT2D eigenvalue weighted by molar-refractivity contribution is 9.10. The molecule has 2 nitrogen and oxygen atoms in total. The summed E-state index contributed by atoms with van der Waals surface area (Å²) in [6.07, 6.45) is 1.82. The summed E-state index contributed by atoms with van der Waals surface area (Å²) in [5.74, 6) is 1.07. The number of hydrogen-bond acceptors (Lipinski definition) is 2. The van der Waals surface area contributed by atoms with E-state index in [1.165, 1.54) is 0 Å². The van der Waals surface area contributed by atoms with Gasteiger partial charge in [-0.2, -0.15) is 0 Å². The van der Waals surface area contributed by atoms with Crippen LogP contribution in [0.4, 0.5) is 0 Å². The first kappa shape index (κ1) is 8.14. The van der Waals surface area contributed by atoms with E-state index < -0.39 is 0 Å². The maximum absolute atomic E-state index is 4.18. The minimum Gasteiger partial charge on any atom is -0.317 e. The molecule has 0 aliphatic rings. The fourth-order valence-corrected chi connectivity index (χ4v) is 1.70. The van der Waals surface area contributed by atoms with E-state index in [-0.39, 0.29) is 0 Å². The van der Waals surface area contributed by atoms with Gasteiger partial charge in [-0.1, -0.05) is 18.7 Å². The second-order valence-electron chi connectivity index (χ2n) is 1.86. The average molecular weight is 221 g/mol. The van der Waals surface area contributed by atoms with Crippen molar-refractivity contribution in [3.8, 4) is 0 Å². The van der Waals surface area contributed by atoms with Gasteiger partial charge in [0, 0.05) is 7.05 Å². The monoisotopic (exact) mass is 220 g/mol. The highest BCUT2D eigenvalue weighted by Crippen LogP contribution is 2.19. The Kier molecular flexibility index (Phi) is 2.80. The van der Waals surface area contributed by atoms with Crippen molar-refractivity contribution >= 4 is 27.7 Å². The molecule has 0 spiro atoms. The molecule has 4 heteroatoms. The Morgan fingerprint density at radius 2 is 2.50 bits per heavy atom. The van der Waals surface area contributed by atoms with Gasteiger partial charge in [-0.05, 0) is 21.7 Å². The van der Waals surface area contributed by atoms with Gasteiger partial charge < -0.3 is 4.57 Å². The lowest BCUT2D eigenvalue weighted by Gasteiger charge is -1.97. The molecule has 0 fully saturated rings. The second-order valence-corrected chi connectivity index (χ2v) is 3.90. The minimum absolute atomic E-state index is 1.03. The maximum atomic E-state index is 4.18. The SMILES string of the molecule is CCSc1ncc(Br)n1C. The van der Waals surface area contributed by atoms with Crippen molar-refractivity contribution < 1.29 is 0 Å². The number of aromatic nitrogens is 2. The fourth-order valence-electron chi connectivity index (χ4n) is 0.636. The van der Waals surface area contributed by atoms with Crippen molar-refractivity contribution in [1.29, 1.82) is 0 Å². The normalized spacial score (nSPS) is 10.3. The Balaban J connectivity index is 2.83. The number of hydrogen-bond donors (Lipinski definition) is 0. The van der Waals surface area contributed by atoms with Gasteiger partial charge in [-0.15, -0.1) is 0 Å². The molecule has 1 rings (SSSR count). The van der Waals surface area contributed by atoms with Gasteiger partial charge in [0.1, 0.15) is 4.60 Å². The summed E-state index contributed by atoms with van der Waals surface area (Å²) in [4.78, 5) is 4.18. The van der Waals surface area contributed by atoms with E-state index in [1.807, 2.05) is 17.8 Å². The summed E-state index contributed by atoms with van der Waals surface area (Å²) in [6.45, 7) is 2.12. The molecule has 10 heavy (non-hydrogen) atoms. The first-order chi connectivity index (χ1) is 4.75. The average Bonchev–Trinajstić information content (AvgIpc) is 2.20. The van der Waals surface area contributed by atoms with Crippen LogP contribution in [0, 0.1) is 0 Å². The van der Waals surface area contributed by atoms with Gasteiger partial charge in [-0.25, -0.2) is 4.98 Å². The van der Waals surface area contributed by atoms with E-state index in [4.69, 9.17) is 0 Å². The van der Waals surface area contributed by atoms with E-state index in [0.29, 0.717) is 0 Å². The number of halogens is 1. The molecule has 0 N–H and O–H groups in total. The van der Waals surface area contributed by atoms with Crippen LogP contribution < -0.4 is 0 Å². The van der Waals surface area contributed by atoms with Crippen molar-refractivity contribution in [3.63, 3.8) is 0 Å². The number of nitrogens with zero attached hydrogens (tertiary/aromatic N) is 2. The van der Waals surface area contributed by atoms with Crippen LogP contribution in [0.5, 0.6) is 0 Å². The first-order valence-electron chi connectivity index (χ1n) is 3.05. The molecule has 0 unspecified atom stereocenters. The molecule has 0 radical (unpaired) electrons. The van der Waals surface area contributed by atoms with Crippen molar-refractivity contribution in [2.24, 2.45) is 7.05 Å². The topological polar surface area (TPSA) is 17.8 Å². The van der Waals surface area contributed by atoms with Gasteiger partial charge >= 0.3 is 0 Å². The molecular formula is C6H9BrN2S. The zero-order valence-electron chi connectivity index (χ0n) is 5.97. The van der Waals surface area contributed by atoms with E-state index in [2.05, 4.69) is 27.8 Å². The van der Waals surface area contributed by atoms with Gasteiger partial charge in [0.15, 0.2) is 5.16 Å². The predicted molar refractivity (Wildman–Crippen MR) is 47.3 cm³/mol. The standard InChI is InChI=1S/C6H9BrN2S/c1-3-10-6-8-4-5(7)9(6)2/h4H,3H2,1-2H3. The van der Waals surface area contributed by atoms with E-state index in [0.717, 1.165) is 15.5 Å². The van der Waals surface area contributed by atoms with E-state index in [9.17, 15) is 0 Å². The number of imidazole rings is 1. The molecule has 0 bridgehead atoms. The Labute approximate surface area is 73.2 Å². The summed E-state index contributed by atoms with van der Waals surface area (Å²) < 4.78 is 3.05. The second kappa shape index (κ2) is 3.44. The highest BCUT2D eigenvalue weighted by Gasteiger charge is 2.01. The first-order valence-corrected chi connectivity index (χ1v) is 4.83. The molecule has 56 valence electrons. The Morgan fingerprint density at radius 3 is 2.90 bits per heavy atom. The van der Waals surface area contributed by atoms with Crippen molar-refractivity contribution in [2.45, 2.75) is 12.1 Å². The third-order valence-corrected chi connectivity index (χ3v) is 2.83. The largest absolute Gasteiger partial charge is 0.317 e. The summed E-state index contributed by atoms with van der Waals surface area (Å²) >= 11 is 5.12. The van der Waals surface area contributed by atoms with Crippen LogP contribution in [0.3, 0.4) is 0 Å². The van der Waals surface area contributed by atoms with Crippen LogP contribution in [0.15, 0.2) is 16.0 Å². The lowest BCUT2D eigenvalue weighted by molar-refractivity contribution is 0.775. The lowest BCUT2D eigenvalue weighted by Crippen LogP contribution is -1.90. The Bertz CT molecular complexity index is 222. The summed E-state index contributed by atoms with van der Waals surface area (Å²) in [6, 6.07) is 0. The van der Waals surface area contributed by atoms with Crippen LogP contribution in [-0.2, 0) is 7.05 Å². The smallest absolute Gasteiger partial charge is 0.168 e. The van der Waals surface area contributed by atoms with Crippen LogP contribution in [-0.4, -0.2) is 15.3 Å². The lowest BCUT2D eigenvalue weighted by atomic mass is 10.9. The molecule has 0 saturated heterocycles. The van der Waals surface area contributed by atoms with Crippen molar-refractivity contribution in [3.05, 3.63) is 10.8 Å². The Hall–Kier alpha value is 0.0400. The van der Waals surface area contributed by atoms with Crippen LogP contribution in [0.2, 0.25) is 0 Å². The van der Waals surface area contributed by atoms with Gasteiger partial charge in [-0.3, -0.25) is 0 Å². The minimum atomic E-state index is 1.03. The van der Waals surface area contributed by atoms with Crippen molar-refractivity contribution in [2.75, 3.05) is 5.75 Å². The van der Waals surface area contributed by atoms with E-state index >= 15 is 0 Å². The molecule has 1 aromatic heterocycles. The van der Waals surface area contributed by atoms with Crippen LogP contribution >= 0.6 is 27.7 Å². The quantitative estimate of drug-likeness (QED) is 0.713. The predicted octanol–water partition coefficient (Wildman–Crippen LogP) is 2.29. The summed E-state index contributed by atoms with van der Waals surface area (Å²) in [7, 11) is 2.00. The maximum Gasteiger partial charge on any atom is 0.168 e. The zero-order chi connectivity index (χ0) is 7.56. The van der Waals surface area contributed by atoms with Crippen LogP contribution in [0.1, 0.15) is 6.92 Å². The zero-order valence-corrected chi connectivity index (χ0v) is 8.37. The summed E-state index contributed by atoms with van der Waals surface area (Å²) in [5.41, 5.74) is 0. The molecule has 0 atom stereocenters. The molecule has 1 heterocycles. The van der Waals surface area contributed by atoms with Crippen LogP contribution in [0.25, 0.3) is 0 Å². The Morgan fingerprint density at radius 1 is 1.80 bits per heavy atom. The van der Waals surface area contributed by atoms with Gasteiger partial charge in [0.25, 0.3) is 0 Å². The van der Waals surface area contributed by atoms with E-state index in [1.54, 1.807) is 11.8 Å². The molecule has 0 aliphatic heterocycles. The number of thioether (sulfide) groups is 1. The van der Waals surface area contributed by atoms with Gasteiger partial charge in [0.05, 0.1) is 6.20 Å². The molecular weight excluding hydrogens is 212 g/mol. The molecule has 0 saturated carbocycles. The highest BCUT2D eigenvalue weighted by atomic mass is 79.9.